The van der Waals surface area contributed by atoms with Gasteiger partial charge >= 0.3 is 5.97 Å². The molecule has 2 aliphatic rings. The molecule has 0 saturated heterocycles. The smallest absolute Gasteiger partial charge is 0.309 e. The van der Waals surface area contributed by atoms with E-state index in [9.17, 15) is 14.3 Å². The number of hydrogen-bond acceptors (Lipinski definition) is 2. The Morgan fingerprint density at radius 3 is 2.75 bits per heavy atom. The van der Waals surface area contributed by atoms with Gasteiger partial charge in [0.1, 0.15) is 11.8 Å². The van der Waals surface area contributed by atoms with E-state index in [0.29, 0.717) is 22.9 Å². The van der Waals surface area contributed by atoms with E-state index >= 15 is 0 Å². The van der Waals surface area contributed by atoms with Gasteiger partial charge in [-0.15, -0.1) is 0 Å². The summed E-state index contributed by atoms with van der Waals surface area (Å²) in [6, 6.07) is 5.02. The number of carbonyl (C=O) groups is 1. The zero-order chi connectivity index (χ0) is 14.5. The van der Waals surface area contributed by atoms with Crippen LogP contribution in [0.5, 0.6) is 0 Å². The maximum absolute atomic E-state index is 13.9. The fraction of sp³-hybridized carbons (Fsp3) is 0.500. The third-order valence-electron chi connectivity index (χ3n) is 4.34. The lowest BCUT2D eigenvalue weighted by atomic mass is 10.0. The number of ether oxygens (including phenoxy) is 1. The van der Waals surface area contributed by atoms with E-state index in [4.69, 9.17) is 27.9 Å². The lowest BCUT2D eigenvalue weighted by Gasteiger charge is -2.20. The number of halogens is 3. The molecule has 1 N–H and O–H groups in total. The van der Waals surface area contributed by atoms with Crippen LogP contribution >= 0.6 is 23.2 Å². The highest BCUT2D eigenvalue weighted by Gasteiger charge is 2.76. The molecular formula is C14H13Cl2FO3. The predicted octanol–water partition coefficient (Wildman–Crippen LogP) is 3.71. The SMILES string of the molecule is O=C(O)C1CCC2C(F)C12OCc1ccc(Cl)c(Cl)c1. The molecule has 1 aromatic rings. The summed E-state index contributed by atoms with van der Waals surface area (Å²) in [6.07, 6.45) is -0.137. The number of aliphatic carboxylic acids is 1. The first-order chi connectivity index (χ1) is 9.46. The molecule has 0 bridgehead atoms. The molecule has 2 fully saturated rings. The molecule has 4 unspecified atom stereocenters. The number of hydrogen-bond donors (Lipinski definition) is 1. The molecule has 0 spiro atoms. The predicted molar refractivity (Wildman–Crippen MR) is 72.7 cm³/mol. The van der Waals surface area contributed by atoms with E-state index in [-0.39, 0.29) is 12.5 Å². The Hall–Kier alpha value is -0.840. The van der Waals surface area contributed by atoms with Crippen LogP contribution in [0, 0.1) is 11.8 Å². The number of carboxylic acid groups (broad SMARTS) is 1. The highest BCUT2D eigenvalue weighted by molar-refractivity contribution is 6.42. The summed E-state index contributed by atoms with van der Waals surface area (Å²) >= 11 is 11.7. The minimum atomic E-state index is -1.18. The van der Waals surface area contributed by atoms with Gasteiger partial charge in [0.25, 0.3) is 0 Å². The van der Waals surface area contributed by atoms with Crippen molar-refractivity contribution in [3.63, 3.8) is 0 Å². The van der Waals surface area contributed by atoms with E-state index in [1.165, 1.54) is 0 Å². The average molecular weight is 319 g/mol. The van der Waals surface area contributed by atoms with Crippen molar-refractivity contribution in [2.75, 3.05) is 0 Å². The van der Waals surface area contributed by atoms with Crippen LogP contribution in [0.1, 0.15) is 18.4 Å². The summed E-state index contributed by atoms with van der Waals surface area (Å²) in [4.78, 5) is 11.2. The summed E-state index contributed by atoms with van der Waals surface area (Å²) in [5.41, 5.74) is -0.388. The van der Waals surface area contributed by atoms with Gasteiger partial charge in [0.05, 0.1) is 22.6 Å². The Kier molecular flexibility index (Phi) is 3.43. The summed E-state index contributed by atoms with van der Waals surface area (Å²) in [5.74, 6) is -2.03. The third kappa shape index (κ3) is 2.01. The van der Waals surface area contributed by atoms with Crippen molar-refractivity contribution in [1.29, 1.82) is 0 Å². The van der Waals surface area contributed by atoms with Crippen molar-refractivity contribution in [2.24, 2.45) is 11.8 Å². The molecule has 108 valence electrons. The number of rotatable bonds is 4. The number of fused-ring (bicyclic) bond motifs is 1. The standard InChI is InChI=1S/C14H13Cl2FO3/c15-10-4-1-7(5-11(10)16)6-20-14-8(12(14)17)2-3-9(14)13(18)19/h1,4-5,8-9,12H,2-3,6H2,(H,18,19). The molecule has 2 aliphatic carbocycles. The van der Waals surface area contributed by atoms with Crippen molar-refractivity contribution in [3.8, 4) is 0 Å². The fourth-order valence-electron chi connectivity index (χ4n) is 3.25. The van der Waals surface area contributed by atoms with Gasteiger partial charge in [0.2, 0.25) is 0 Å². The van der Waals surface area contributed by atoms with Gasteiger partial charge in [-0.1, -0.05) is 29.3 Å². The zero-order valence-corrected chi connectivity index (χ0v) is 12.0. The molecule has 1 aromatic carbocycles. The normalized spacial score (nSPS) is 34.9. The Bertz CT molecular complexity index is 565. The molecule has 3 rings (SSSR count). The molecule has 4 atom stereocenters. The number of alkyl halides is 1. The first-order valence-electron chi connectivity index (χ1n) is 6.41. The first kappa shape index (κ1) is 14.1. The quantitative estimate of drug-likeness (QED) is 0.920. The average Bonchev–Trinajstić information content (AvgIpc) is 2.81. The molecule has 3 nitrogen and oxygen atoms in total. The second-order valence-electron chi connectivity index (χ2n) is 5.37. The van der Waals surface area contributed by atoms with Crippen LogP contribution in [-0.2, 0) is 16.1 Å². The monoisotopic (exact) mass is 318 g/mol. The van der Waals surface area contributed by atoms with Crippen molar-refractivity contribution < 1.29 is 19.0 Å². The third-order valence-corrected chi connectivity index (χ3v) is 5.08. The molecular weight excluding hydrogens is 306 g/mol. The van der Waals surface area contributed by atoms with Gasteiger partial charge in [-0.25, -0.2) is 4.39 Å². The molecule has 2 saturated carbocycles. The second kappa shape index (κ2) is 4.86. The molecule has 0 aromatic heterocycles. The second-order valence-corrected chi connectivity index (χ2v) is 6.18. The minimum Gasteiger partial charge on any atom is -0.481 e. The molecule has 6 heteroatoms. The highest BCUT2D eigenvalue weighted by atomic mass is 35.5. The topological polar surface area (TPSA) is 46.5 Å². The van der Waals surface area contributed by atoms with Gasteiger partial charge in [-0.2, -0.15) is 0 Å². The van der Waals surface area contributed by atoms with Crippen LogP contribution in [0.2, 0.25) is 10.0 Å². The molecule has 0 radical (unpaired) electrons. The fourth-order valence-corrected chi connectivity index (χ4v) is 3.57. The Morgan fingerprint density at radius 2 is 2.15 bits per heavy atom. The van der Waals surface area contributed by atoms with Crippen molar-refractivity contribution in [3.05, 3.63) is 33.8 Å². The maximum atomic E-state index is 13.9. The summed E-state index contributed by atoms with van der Waals surface area (Å²) < 4.78 is 19.6. The summed E-state index contributed by atoms with van der Waals surface area (Å²) in [6.45, 7) is 0.136. The molecule has 0 aliphatic heterocycles. The van der Waals surface area contributed by atoms with Crippen LogP contribution in [0.25, 0.3) is 0 Å². The largest absolute Gasteiger partial charge is 0.481 e. The van der Waals surface area contributed by atoms with Crippen molar-refractivity contribution in [2.45, 2.75) is 31.2 Å². The summed E-state index contributed by atoms with van der Waals surface area (Å²) in [5, 5.41) is 10.0. The van der Waals surface area contributed by atoms with E-state index in [1.807, 2.05) is 0 Å². The van der Waals surface area contributed by atoms with Gasteiger partial charge in [0, 0.05) is 5.92 Å². The number of carboxylic acids is 1. The Morgan fingerprint density at radius 1 is 1.40 bits per heavy atom. The maximum Gasteiger partial charge on any atom is 0.309 e. The minimum absolute atomic E-state index is 0.136. The Labute approximate surface area is 125 Å². The van der Waals surface area contributed by atoms with Gasteiger partial charge in [-0.05, 0) is 30.5 Å². The van der Waals surface area contributed by atoms with E-state index < -0.39 is 23.7 Å². The van der Waals surface area contributed by atoms with E-state index in [1.54, 1.807) is 18.2 Å². The van der Waals surface area contributed by atoms with Crippen LogP contribution < -0.4 is 0 Å². The van der Waals surface area contributed by atoms with Crippen LogP contribution in [0.3, 0.4) is 0 Å². The van der Waals surface area contributed by atoms with Crippen molar-refractivity contribution in [1.82, 2.24) is 0 Å². The summed E-state index contributed by atoms with van der Waals surface area (Å²) in [7, 11) is 0. The van der Waals surface area contributed by atoms with Gasteiger partial charge < -0.3 is 9.84 Å². The highest BCUT2D eigenvalue weighted by Crippen LogP contribution is 2.63. The molecule has 0 heterocycles. The van der Waals surface area contributed by atoms with E-state index in [2.05, 4.69) is 0 Å². The van der Waals surface area contributed by atoms with Crippen LogP contribution in [0.15, 0.2) is 18.2 Å². The van der Waals surface area contributed by atoms with Gasteiger partial charge in [0.15, 0.2) is 0 Å². The lowest BCUT2D eigenvalue weighted by Crippen LogP contribution is -2.33. The van der Waals surface area contributed by atoms with Crippen LogP contribution in [0.4, 0.5) is 4.39 Å². The molecule has 20 heavy (non-hydrogen) atoms. The van der Waals surface area contributed by atoms with Crippen molar-refractivity contribution >= 4 is 29.2 Å². The van der Waals surface area contributed by atoms with Crippen LogP contribution in [-0.4, -0.2) is 22.8 Å². The lowest BCUT2D eigenvalue weighted by molar-refractivity contribution is -0.150. The zero-order valence-electron chi connectivity index (χ0n) is 10.5. The number of benzene rings is 1. The Balaban J connectivity index is 1.74. The van der Waals surface area contributed by atoms with E-state index in [0.717, 1.165) is 5.56 Å². The molecule has 0 amide bonds. The van der Waals surface area contributed by atoms with Gasteiger partial charge in [-0.3, -0.25) is 4.79 Å². The first-order valence-corrected chi connectivity index (χ1v) is 7.17.